The zero-order valence-electron chi connectivity index (χ0n) is 20.8. The van der Waals surface area contributed by atoms with Crippen molar-refractivity contribution in [3.8, 4) is 5.75 Å². The van der Waals surface area contributed by atoms with Crippen LogP contribution >= 0.6 is 22.9 Å². The van der Waals surface area contributed by atoms with Gasteiger partial charge in [-0.25, -0.2) is 9.97 Å². The average Bonchev–Trinajstić information content (AvgIpc) is 3.52. The molecular weight excluding hydrogens is 510 g/mol. The number of piperazine rings is 1. The van der Waals surface area contributed by atoms with E-state index in [-0.39, 0.29) is 5.92 Å². The van der Waals surface area contributed by atoms with Gasteiger partial charge in [0.05, 0.1) is 29.4 Å². The largest absolute Gasteiger partial charge is 0.491 e. The molecule has 1 atom stereocenters. The van der Waals surface area contributed by atoms with Crippen molar-refractivity contribution in [1.82, 2.24) is 30.0 Å². The standard InChI is InChI=1S/C26H30ClN7O2S/c1-33-6-8-34(9-7-33)26(35)16-3-4-18-22(12-16)37-25-23(18)24(28-15-29-25)31-20-11-17-14-30-32-19(17)13-21(20)36-10-2-5-27/h11,13-16H,2-10,12H2,1H3,(H,30,32)(H,28,29,31)/t16-/m0/s1. The van der Waals surface area contributed by atoms with Crippen LogP contribution in [0.15, 0.2) is 24.7 Å². The summed E-state index contributed by atoms with van der Waals surface area (Å²) in [5.74, 6) is 2.36. The molecule has 1 aromatic carbocycles. The third-order valence-electron chi connectivity index (χ3n) is 7.34. The van der Waals surface area contributed by atoms with Crippen molar-refractivity contribution < 1.29 is 9.53 Å². The van der Waals surface area contributed by atoms with E-state index in [1.54, 1.807) is 23.9 Å². The minimum absolute atomic E-state index is 0.0405. The Balaban J connectivity index is 1.28. The predicted octanol–water partition coefficient (Wildman–Crippen LogP) is 4.20. The van der Waals surface area contributed by atoms with Crippen molar-refractivity contribution in [2.75, 3.05) is 51.0 Å². The van der Waals surface area contributed by atoms with Crippen LogP contribution in [0.1, 0.15) is 23.3 Å². The summed E-state index contributed by atoms with van der Waals surface area (Å²) in [6, 6.07) is 3.97. The lowest BCUT2D eigenvalue weighted by molar-refractivity contribution is -0.137. The van der Waals surface area contributed by atoms with E-state index in [1.165, 1.54) is 10.4 Å². The fraction of sp³-hybridized carbons (Fsp3) is 0.462. The SMILES string of the molecule is CN1CCN(C(=O)[C@H]2CCc3c(sc4ncnc(Nc5cc6cn[nH]c6cc5OCCCCl)c34)C2)CC1. The summed E-state index contributed by atoms with van der Waals surface area (Å²) >= 11 is 7.55. The maximum atomic E-state index is 13.3. The van der Waals surface area contributed by atoms with Crippen LogP contribution in [-0.4, -0.2) is 81.6 Å². The third kappa shape index (κ3) is 4.85. The van der Waals surface area contributed by atoms with E-state index in [2.05, 4.69) is 37.4 Å². The molecule has 6 rings (SSSR count). The Hall–Kier alpha value is -2.95. The van der Waals surface area contributed by atoms with Gasteiger partial charge < -0.3 is 19.9 Å². The molecule has 2 aliphatic rings. The second-order valence-electron chi connectivity index (χ2n) is 9.80. The molecule has 1 saturated heterocycles. The van der Waals surface area contributed by atoms with Crippen LogP contribution in [0, 0.1) is 5.92 Å². The van der Waals surface area contributed by atoms with Gasteiger partial charge in [0.25, 0.3) is 0 Å². The molecule has 1 aliphatic carbocycles. The average molecular weight is 540 g/mol. The summed E-state index contributed by atoms with van der Waals surface area (Å²) in [4.78, 5) is 29.0. The molecule has 0 unspecified atom stereocenters. The summed E-state index contributed by atoms with van der Waals surface area (Å²) in [5, 5.41) is 12.7. The number of amides is 1. The molecule has 2 N–H and O–H groups in total. The van der Waals surface area contributed by atoms with Crippen molar-refractivity contribution in [2.24, 2.45) is 5.92 Å². The molecule has 194 valence electrons. The van der Waals surface area contributed by atoms with Crippen LogP contribution < -0.4 is 10.1 Å². The molecule has 0 radical (unpaired) electrons. The van der Waals surface area contributed by atoms with Gasteiger partial charge >= 0.3 is 0 Å². The fourth-order valence-electron chi connectivity index (χ4n) is 5.25. The number of aromatic amines is 1. The van der Waals surface area contributed by atoms with Crippen molar-refractivity contribution in [3.05, 3.63) is 35.1 Å². The minimum atomic E-state index is 0.0405. The Morgan fingerprint density at radius 1 is 1.27 bits per heavy atom. The highest BCUT2D eigenvalue weighted by molar-refractivity contribution is 7.19. The number of rotatable bonds is 7. The number of nitrogens with zero attached hydrogens (tertiary/aromatic N) is 5. The van der Waals surface area contributed by atoms with E-state index < -0.39 is 0 Å². The zero-order chi connectivity index (χ0) is 25.4. The Labute approximate surface area is 224 Å². The maximum absolute atomic E-state index is 13.3. The summed E-state index contributed by atoms with van der Waals surface area (Å²) in [6.45, 7) is 4.05. The van der Waals surface area contributed by atoms with Gasteiger partial charge in [-0.1, -0.05) is 0 Å². The van der Waals surface area contributed by atoms with Gasteiger partial charge in [-0.3, -0.25) is 9.89 Å². The number of ether oxygens (including phenoxy) is 1. The molecule has 1 fully saturated rings. The van der Waals surface area contributed by atoms with Crippen LogP contribution in [0.5, 0.6) is 5.75 Å². The Bertz CT molecular complexity index is 1430. The van der Waals surface area contributed by atoms with Gasteiger partial charge in [0.1, 0.15) is 22.7 Å². The molecule has 3 aromatic heterocycles. The number of hydrogen-bond donors (Lipinski definition) is 2. The Morgan fingerprint density at radius 3 is 2.97 bits per heavy atom. The number of anilines is 2. The lowest BCUT2D eigenvalue weighted by Gasteiger charge is -2.35. The second-order valence-corrected chi connectivity index (χ2v) is 11.3. The van der Waals surface area contributed by atoms with Crippen molar-refractivity contribution in [3.63, 3.8) is 0 Å². The summed E-state index contributed by atoms with van der Waals surface area (Å²) in [5.41, 5.74) is 2.99. The first-order valence-corrected chi connectivity index (χ1v) is 14.1. The first kappa shape index (κ1) is 24.4. The van der Waals surface area contributed by atoms with Crippen LogP contribution in [0.3, 0.4) is 0 Å². The highest BCUT2D eigenvalue weighted by Crippen LogP contribution is 2.42. The van der Waals surface area contributed by atoms with Gasteiger partial charge in [-0.15, -0.1) is 22.9 Å². The van der Waals surface area contributed by atoms with Crippen LogP contribution in [-0.2, 0) is 17.6 Å². The summed E-state index contributed by atoms with van der Waals surface area (Å²) < 4.78 is 6.06. The number of aromatic nitrogens is 4. The molecule has 9 nitrogen and oxygen atoms in total. The van der Waals surface area contributed by atoms with Crippen LogP contribution in [0.2, 0.25) is 0 Å². The van der Waals surface area contributed by atoms with E-state index in [0.29, 0.717) is 18.4 Å². The van der Waals surface area contributed by atoms with Gasteiger partial charge in [-0.05, 0) is 44.4 Å². The quantitative estimate of drug-likeness (QED) is 0.268. The van der Waals surface area contributed by atoms with Gasteiger partial charge in [-0.2, -0.15) is 5.10 Å². The van der Waals surface area contributed by atoms with E-state index in [4.69, 9.17) is 16.3 Å². The maximum Gasteiger partial charge on any atom is 0.226 e. The monoisotopic (exact) mass is 539 g/mol. The van der Waals surface area contributed by atoms with Gasteiger partial charge in [0, 0.05) is 54.3 Å². The van der Waals surface area contributed by atoms with E-state index >= 15 is 0 Å². The smallest absolute Gasteiger partial charge is 0.226 e. The topological polar surface area (TPSA) is 99.3 Å². The number of thiophene rings is 1. The predicted molar refractivity (Wildman–Crippen MR) is 147 cm³/mol. The first-order valence-electron chi connectivity index (χ1n) is 12.8. The number of hydrogen-bond acceptors (Lipinski definition) is 8. The number of alkyl halides is 1. The number of likely N-dealkylation sites (N-methyl/N-ethyl adjacent to an activating group) is 1. The zero-order valence-corrected chi connectivity index (χ0v) is 22.4. The normalized spacial score (nSPS) is 18.3. The number of fused-ring (bicyclic) bond motifs is 4. The molecule has 0 bridgehead atoms. The molecule has 1 aliphatic heterocycles. The number of H-pyrrole nitrogens is 1. The minimum Gasteiger partial charge on any atom is -0.491 e. The molecule has 37 heavy (non-hydrogen) atoms. The summed E-state index contributed by atoms with van der Waals surface area (Å²) in [7, 11) is 2.11. The highest BCUT2D eigenvalue weighted by Gasteiger charge is 2.32. The highest BCUT2D eigenvalue weighted by atomic mass is 35.5. The number of nitrogens with one attached hydrogen (secondary N) is 2. The van der Waals surface area contributed by atoms with Crippen molar-refractivity contribution >= 4 is 61.5 Å². The lowest BCUT2D eigenvalue weighted by Crippen LogP contribution is -2.49. The number of halogens is 1. The molecule has 4 heterocycles. The van der Waals surface area contributed by atoms with Gasteiger partial charge in [0.15, 0.2) is 0 Å². The van der Waals surface area contributed by atoms with Crippen LogP contribution in [0.25, 0.3) is 21.1 Å². The number of benzene rings is 1. The van der Waals surface area contributed by atoms with Gasteiger partial charge in [0.2, 0.25) is 5.91 Å². The van der Waals surface area contributed by atoms with E-state index in [0.717, 1.165) is 90.2 Å². The molecular formula is C26H30ClN7O2S. The molecule has 0 spiro atoms. The number of carbonyl (C=O) groups excluding carboxylic acids is 1. The van der Waals surface area contributed by atoms with E-state index in [1.807, 2.05) is 17.0 Å². The Morgan fingerprint density at radius 2 is 2.14 bits per heavy atom. The summed E-state index contributed by atoms with van der Waals surface area (Å²) in [6.07, 6.45) is 6.63. The fourth-order valence-corrected chi connectivity index (χ4v) is 6.63. The lowest BCUT2D eigenvalue weighted by atomic mass is 9.86. The van der Waals surface area contributed by atoms with E-state index in [9.17, 15) is 4.79 Å². The van der Waals surface area contributed by atoms with Crippen molar-refractivity contribution in [2.45, 2.75) is 25.7 Å². The molecule has 0 saturated carbocycles. The number of aryl methyl sites for hydroxylation is 1. The van der Waals surface area contributed by atoms with Crippen LogP contribution in [0.4, 0.5) is 11.5 Å². The second kappa shape index (κ2) is 10.4. The first-order chi connectivity index (χ1) is 18.1. The molecule has 11 heteroatoms. The van der Waals surface area contributed by atoms with Crippen molar-refractivity contribution in [1.29, 1.82) is 0 Å². The molecule has 4 aromatic rings. The number of carbonyl (C=O) groups is 1. The third-order valence-corrected chi connectivity index (χ3v) is 8.77. The Kier molecular flexibility index (Phi) is 6.88. The molecule has 1 amide bonds.